The second-order valence-corrected chi connectivity index (χ2v) is 6.57. The minimum Gasteiger partial charge on any atom is -0.345 e. The maximum absolute atomic E-state index is 12.8. The first-order chi connectivity index (χ1) is 12.3. The number of nitrogens with zero attached hydrogens (tertiary/aromatic N) is 1. The quantitative estimate of drug-likeness (QED) is 0.687. The Morgan fingerprint density at radius 3 is 2.84 bits per heavy atom. The highest BCUT2D eigenvalue weighted by molar-refractivity contribution is 5.81. The van der Waals surface area contributed by atoms with Crippen LogP contribution in [0.3, 0.4) is 0 Å². The Kier molecular flexibility index (Phi) is 4.48. The fourth-order valence-corrected chi connectivity index (χ4v) is 3.47. The van der Waals surface area contributed by atoms with E-state index < -0.39 is 0 Å². The highest BCUT2D eigenvalue weighted by Crippen LogP contribution is 2.25. The van der Waals surface area contributed by atoms with E-state index in [4.69, 9.17) is 0 Å². The molecule has 0 spiro atoms. The highest BCUT2D eigenvalue weighted by Gasteiger charge is 2.25. The zero-order chi connectivity index (χ0) is 17.1. The van der Waals surface area contributed by atoms with Crippen LogP contribution in [0.1, 0.15) is 30.0 Å². The second kappa shape index (κ2) is 7.07. The van der Waals surface area contributed by atoms with Gasteiger partial charge in [0.15, 0.2) is 0 Å². The molecule has 1 aromatic heterocycles. The van der Waals surface area contributed by atoms with Gasteiger partial charge in [0.25, 0.3) is 0 Å². The van der Waals surface area contributed by atoms with Crippen LogP contribution in [0.5, 0.6) is 0 Å². The lowest BCUT2D eigenvalue weighted by atomic mass is 9.95. The number of carbonyl (C=O) groups excluding carboxylic acids is 1. The van der Waals surface area contributed by atoms with Crippen LogP contribution in [0, 0.1) is 5.92 Å². The summed E-state index contributed by atoms with van der Waals surface area (Å²) < 4.78 is 0. The van der Waals surface area contributed by atoms with Gasteiger partial charge in [0, 0.05) is 6.54 Å². The summed E-state index contributed by atoms with van der Waals surface area (Å²) in [4.78, 5) is 20.2. The van der Waals surface area contributed by atoms with E-state index in [1.54, 1.807) is 6.33 Å². The standard InChI is InChI=1S/C20H22N4O/c25-20(16-7-4-10-21-12-16)24-19(14-5-2-1-3-6-14)15-8-9-17-18(11-15)23-13-22-17/h1-3,5-6,8-9,11,13,16,19,21H,4,7,10,12H2,(H,22,23)(H,24,25). The molecule has 1 aliphatic rings. The maximum Gasteiger partial charge on any atom is 0.225 e. The third kappa shape index (κ3) is 3.42. The van der Waals surface area contributed by atoms with E-state index in [-0.39, 0.29) is 17.9 Å². The molecule has 3 aromatic rings. The Balaban J connectivity index is 1.65. The fraction of sp³-hybridized carbons (Fsp3) is 0.300. The molecule has 5 nitrogen and oxygen atoms in total. The maximum atomic E-state index is 12.8. The Labute approximate surface area is 146 Å². The van der Waals surface area contributed by atoms with Gasteiger partial charge in [0.05, 0.1) is 29.3 Å². The minimum absolute atomic E-state index is 0.0378. The average molecular weight is 334 g/mol. The molecule has 1 fully saturated rings. The number of amides is 1. The molecule has 1 amide bonds. The van der Waals surface area contributed by atoms with Crippen LogP contribution in [-0.4, -0.2) is 29.0 Å². The molecular weight excluding hydrogens is 312 g/mol. The van der Waals surface area contributed by atoms with Gasteiger partial charge in [-0.3, -0.25) is 4.79 Å². The number of imidazole rings is 1. The van der Waals surface area contributed by atoms with E-state index in [1.165, 1.54) is 0 Å². The van der Waals surface area contributed by atoms with Gasteiger partial charge >= 0.3 is 0 Å². The average Bonchev–Trinajstić information content (AvgIpc) is 3.15. The summed E-state index contributed by atoms with van der Waals surface area (Å²) in [6.07, 6.45) is 3.69. The first-order valence-electron chi connectivity index (χ1n) is 8.80. The molecule has 1 aliphatic heterocycles. The minimum atomic E-state index is -0.164. The number of aromatic amines is 1. The van der Waals surface area contributed by atoms with Gasteiger partial charge in [-0.15, -0.1) is 0 Å². The number of piperidine rings is 1. The molecule has 0 saturated carbocycles. The molecule has 2 aromatic carbocycles. The number of carbonyl (C=O) groups is 1. The number of hydrogen-bond donors (Lipinski definition) is 3. The van der Waals surface area contributed by atoms with Crippen LogP contribution >= 0.6 is 0 Å². The number of benzene rings is 2. The normalized spacial score (nSPS) is 18.8. The number of hydrogen-bond acceptors (Lipinski definition) is 3. The molecule has 2 heterocycles. The molecule has 128 valence electrons. The third-order valence-corrected chi connectivity index (χ3v) is 4.86. The van der Waals surface area contributed by atoms with Crippen molar-refractivity contribution in [1.29, 1.82) is 0 Å². The predicted molar refractivity (Wildman–Crippen MR) is 98.1 cm³/mol. The molecule has 2 unspecified atom stereocenters. The first-order valence-corrected chi connectivity index (χ1v) is 8.80. The van der Waals surface area contributed by atoms with Gasteiger partial charge in [-0.05, 0) is 42.6 Å². The molecule has 5 heteroatoms. The molecule has 0 radical (unpaired) electrons. The summed E-state index contributed by atoms with van der Waals surface area (Å²) in [5, 5.41) is 6.58. The van der Waals surface area contributed by atoms with E-state index >= 15 is 0 Å². The number of H-pyrrole nitrogens is 1. The van der Waals surface area contributed by atoms with Crippen molar-refractivity contribution in [2.24, 2.45) is 5.92 Å². The van der Waals surface area contributed by atoms with Gasteiger partial charge in [0.2, 0.25) is 5.91 Å². The summed E-state index contributed by atoms with van der Waals surface area (Å²) in [5.41, 5.74) is 4.05. The zero-order valence-corrected chi connectivity index (χ0v) is 14.0. The first kappa shape index (κ1) is 15.8. The summed E-state index contributed by atoms with van der Waals surface area (Å²) in [5.74, 6) is 0.154. The van der Waals surface area contributed by atoms with Crippen molar-refractivity contribution >= 4 is 16.9 Å². The number of fused-ring (bicyclic) bond motifs is 1. The van der Waals surface area contributed by atoms with Crippen molar-refractivity contribution in [2.75, 3.05) is 13.1 Å². The van der Waals surface area contributed by atoms with E-state index in [0.717, 1.165) is 48.1 Å². The number of nitrogens with one attached hydrogen (secondary N) is 3. The lowest BCUT2D eigenvalue weighted by molar-refractivity contribution is -0.126. The van der Waals surface area contributed by atoms with Gasteiger partial charge in [-0.1, -0.05) is 36.4 Å². The SMILES string of the molecule is O=C(NC(c1ccccc1)c1ccc2nc[nH]c2c1)C1CCCNC1. The molecule has 0 aliphatic carbocycles. The van der Waals surface area contributed by atoms with Crippen LogP contribution in [0.25, 0.3) is 11.0 Å². The molecule has 4 rings (SSSR count). The smallest absolute Gasteiger partial charge is 0.225 e. The molecule has 1 saturated heterocycles. The Morgan fingerprint density at radius 2 is 2.04 bits per heavy atom. The van der Waals surface area contributed by atoms with Gasteiger partial charge in [-0.2, -0.15) is 0 Å². The van der Waals surface area contributed by atoms with Crippen molar-refractivity contribution in [3.8, 4) is 0 Å². The monoisotopic (exact) mass is 334 g/mol. The Bertz CT molecular complexity index is 852. The van der Waals surface area contributed by atoms with Gasteiger partial charge in [0.1, 0.15) is 0 Å². The second-order valence-electron chi connectivity index (χ2n) is 6.57. The Morgan fingerprint density at radius 1 is 1.16 bits per heavy atom. The van der Waals surface area contributed by atoms with Crippen molar-refractivity contribution in [2.45, 2.75) is 18.9 Å². The molecule has 0 bridgehead atoms. The highest BCUT2D eigenvalue weighted by atomic mass is 16.2. The van der Waals surface area contributed by atoms with Crippen molar-refractivity contribution in [3.63, 3.8) is 0 Å². The van der Waals surface area contributed by atoms with E-state index in [1.807, 2.05) is 30.3 Å². The van der Waals surface area contributed by atoms with Crippen molar-refractivity contribution < 1.29 is 4.79 Å². The van der Waals surface area contributed by atoms with Crippen LogP contribution in [0.2, 0.25) is 0 Å². The summed E-state index contributed by atoms with van der Waals surface area (Å²) in [6, 6.07) is 16.1. The number of aromatic nitrogens is 2. The van der Waals surface area contributed by atoms with Crippen LogP contribution in [0.4, 0.5) is 0 Å². The van der Waals surface area contributed by atoms with E-state index in [2.05, 4.69) is 38.8 Å². The zero-order valence-electron chi connectivity index (χ0n) is 14.0. The summed E-state index contributed by atoms with van der Waals surface area (Å²) in [6.45, 7) is 1.76. The van der Waals surface area contributed by atoms with E-state index in [0.29, 0.717) is 0 Å². The Hall–Kier alpha value is -2.66. The lowest BCUT2D eigenvalue weighted by Crippen LogP contribution is -2.42. The summed E-state index contributed by atoms with van der Waals surface area (Å²) >= 11 is 0. The van der Waals surface area contributed by atoms with Crippen molar-refractivity contribution in [3.05, 3.63) is 66.0 Å². The lowest BCUT2D eigenvalue weighted by Gasteiger charge is -2.26. The molecule has 3 N–H and O–H groups in total. The topological polar surface area (TPSA) is 69.8 Å². The van der Waals surface area contributed by atoms with Gasteiger partial charge < -0.3 is 15.6 Å². The van der Waals surface area contributed by atoms with Crippen molar-refractivity contribution in [1.82, 2.24) is 20.6 Å². The predicted octanol–water partition coefficient (Wildman–Crippen LogP) is 2.77. The fourth-order valence-electron chi connectivity index (χ4n) is 3.47. The van der Waals surface area contributed by atoms with Gasteiger partial charge in [-0.25, -0.2) is 4.98 Å². The van der Waals surface area contributed by atoms with Crippen LogP contribution < -0.4 is 10.6 Å². The van der Waals surface area contributed by atoms with E-state index in [9.17, 15) is 4.79 Å². The third-order valence-electron chi connectivity index (χ3n) is 4.86. The largest absolute Gasteiger partial charge is 0.345 e. The number of rotatable bonds is 4. The van der Waals surface area contributed by atoms with Crippen LogP contribution in [0.15, 0.2) is 54.9 Å². The van der Waals surface area contributed by atoms with Crippen LogP contribution in [-0.2, 0) is 4.79 Å². The molecule has 2 atom stereocenters. The molecular formula is C20H22N4O. The summed E-state index contributed by atoms with van der Waals surface area (Å²) in [7, 11) is 0. The molecule has 25 heavy (non-hydrogen) atoms.